The van der Waals surface area contributed by atoms with Crippen molar-refractivity contribution in [2.45, 2.75) is 13.0 Å². The highest BCUT2D eigenvalue weighted by atomic mass is 19.1. The summed E-state index contributed by atoms with van der Waals surface area (Å²) in [4.78, 5) is 11.6. The highest BCUT2D eigenvalue weighted by molar-refractivity contribution is 5.84. The smallest absolute Gasteiger partial charge is 0.244 e. The number of rotatable bonds is 4. The SMILES string of the molecule is Cc1cccc(C(Nc2ccccc2F)C(N)=O)c1. The Hall–Kier alpha value is -2.36. The van der Waals surface area contributed by atoms with Crippen LogP contribution in [0.4, 0.5) is 10.1 Å². The Labute approximate surface area is 111 Å². The van der Waals surface area contributed by atoms with E-state index in [0.717, 1.165) is 11.1 Å². The van der Waals surface area contributed by atoms with Crippen LogP contribution in [0.2, 0.25) is 0 Å². The van der Waals surface area contributed by atoms with Crippen LogP contribution >= 0.6 is 0 Å². The molecule has 98 valence electrons. The number of carbonyl (C=O) groups is 1. The number of hydrogen-bond donors (Lipinski definition) is 2. The molecule has 0 saturated carbocycles. The van der Waals surface area contributed by atoms with Gasteiger partial charge in [0.15, 0.2) is 0 Å². The predicted octanol–water partition coefficient (Wildman–Crippen LogP) is 2.77. The summed E-state index contributed by atoms with van der Waals surface area (Å²) in [6, 6.07) is 12.8. The molecule has 0 aliphatic rings. The molecule has 0 heterocycles. The van der Waals surface area contributed by atoms with Gasteiger partial charge in [-0.05, 0) is 24.6 Å². The van der Waals surface area contributed by atoms with Crippen LogP contribution in [0.5, 0.6) is 0 Å². The molecular weight excluding hydrogens is 243 g/mol. The highest BCUT2D eigenvalue weighted by Crippen LogP contribution is 2.22. The van der Waals surface area contributed by atoms with Crippen molar-refractivity contribution < 1.29 is 9.18 Å². The summed E-state index contributed by atoms with van der Waals surface area (Å²) < 4.78 is 13.6. The van der Waals surface area contributed by atoms with E-state index in [0.29, 0.717) is 0 Å². The largest absolute Gasteiger partial charge is 0.368 e. The molecule has 2 aromatic carbocycles. The minimum Gasteiger partial charge on any atom is -0.368 e. The van der Waals surface area contributed by atoms with E-state index >= 15 is 0 Å². The second-order valence-electron chi connectivity index (χ2n) is 4.37. The van der Waals surface area contributed by atoms with Crippen LogP contribution in [0.15, 0.2) is 48.5 Å². The summed E-state index contributed by atoms with van der Waals surface area (Å²) in [5.74, 6) is -0.963. The number of para-hydroxylation sites is 1. The zero-order valence-corrected chi connectivity index (χ0v) is 10.6. The average molecular weight is 258 g/mol. The number of aryl methyl sites for hydroxylation is 1. The van der Waals surface area contributed by atoms with E-state index in [4.69, 9.17) is 5.73 Å². The van der Waals surface area contributed by atoms with Gasteiger partial charge in [0.05, 0.1) is 5.69 Å². The lowest BCUT2D eigenvalue weighted by atomic mass is 10.0. The molecule has 0 spiro atoms. The second kappa shape index (κ2) is 5.52. The van der Waals surface area contributed by atoms with Gasteiger partial charge in [0.25, 0.3) is 0 Å². The molecule has 0 aliphatic heterocycles. The minimum absolute atomic E-state index is 0.257. The molecule has 0 aromatic heterocycles. The lowest BCUT2D eigenvalue weighted by Gasteiger charge is -2.18. The van der Waals surface area contributed by atoms with E-state index in [2.05, 4.69) is 5.32 Å². The van der Waals surface area contributed by atoms with E-state index in [1.165, 1.54) is 6.07 Å². The van der Waals surface area contributed by atoms with Crippen molar-refractivity contribution in [1.29, 1.82) is 0 Å². The first-order valence-electron chi connectivity index (χ1n) is 5.95. The van der Waals surface area contributed by atoms with Gasteiger partial charge in [0.1, 0.15) is 11.9 Å². The molecule has 0 radical (unpaired) electrons. The fourth-order valence-corrected chi connectivity index (χ4v) is 1.90. The molecule has 0 saturated heterocycles. The van der Waals surface area contributed by atoms with E-state index in [9.17, 15) is 9.18 Å². The summed E-state index contributed by atoms with van der Waals surface area (Å²) >= 11 is 0. The van der Waals surface area contributed by atoms with E-state index in [1.807, 2.05) is 25.1 Å². The molecule has 1 atom stereocenters. The van der Waals surface area contributed by atoms with Crippen LogP contribution in [0.3, 0.4) is 0 Å². The van der Waals surface area contributed by atoms with Gasteiger partial charge in [-0.1, -0.05) is 42.0 Å². The topological polar surface area (TPSA) is 55.1 Å². The maximum absolute atomic E-state index is 13.6. The number of nitrogens with two attached hydrogens (primary N) is 1. The lowest BCUT2D eigenvalue weighted by molar-refractivity contribution is -0.118. The third-order valence-electron chi connectivity index (χ3n) is 2.83. The Balaban J connectivity index is 2.32. The van der Waals surface area contributed by atoms with Crippen molar-refractivity contribution in [1.82, 2.24) is 0 Å². The normalized spacial score (nSPS) is 11.9. The fraction of sp³-hybridized carbons (Fsp3) is 0.133. The molecule has 3 nitrogen and oxygen atoms in total. The van der Waals surface area contributed by atoms with Crippen molar-refractivity contribution in [3.8, 4) is 0 Å². The number of benzene rings is 2. The molecule has 3 N–H and O–H groups in total. The molecule has 0 bridgehead atoms. The number of halogens is 1. The van der Waals surface area contributed by atoms with Gasteiger partial charge in [0, 0.05) is 0 Å². The number of anilines is 1. The zero-order valence-electron chi connectivity index (χ0n) is 10.6. The Morgan fingerprint density at radius 3 is 2.58 bits per heavy atom. The first-order chi connectivity index (χ1) is 9.08. The highest BCUT2D eigenvalue weighted by Gasteiger charge is 2.18. The molecule has 1 unspecified atom stereocenters. The van der Waals surface area contributed by atoms with Crippen LogP contribution < -0.4 is 11.1 Å². The maximum Gasteiger partial charge on any atom is 0.244 e. The lowest BCUT2D eigenvalue weighted by Crippen LogP contribution is -2.28. The van der Waals surface area contributed by atoms with Crippen LogP contribution in [0.25, 0.3) is 0 Å². The van der Waals surface area contributed by atoms with E-state index in [1.54, 1.807) is 24.3 Å². The van der Waals surface area contributed by atoms with Crippen LogP contribution in [0.1, 0.15) is 17.2 Å². The number of nitrogens with one attached hydrogen (secondary N) is 1. The van der Waals surface area contributed by atoms with Gasteiger partial charge in [-0.25, -0.2) is 4.39 Å². The van der Waals surface area contributed by atoms with Crippen LogP contribution in [-0.4, -0.2) is 5.91 Å². The molecule has 19 heavy (non-hydrogen) atoms. The summed E-state index contributed by atoms with van der Waals surface area (Å²) in [5, 5.41) is 2.84. The Morgan fingerprint density at radius 2 is 1.95 bits per heavy atom. The Kier molecular flexibility index (Phi) is 3.80. The molecule has 0 fully saturated rings. The van der Waals surface area contributed by atoms with E-state index < -0.39 is 17.8 Å². The summed E-state index contributed by atoms with van der Waals surface area (Å²) in [7, 11) is 0. The number of carbonyl (C=O) groups excluding carboxylic acids is 1. The molecule has 2 rings (SSSR count). The van der Waals surface area contributed by atoms with Gasteiger partial charge in [-0.15, -0.1) is 0 Å². The monoisotopic (exact) mass is 258 g/mol. The Morgan fingerprint density at radius 1 is 1.21 bits per heavy atom. The van der Waals surface area contributed by atoms with Crippen LogP contribution in [0, 0.1) is 12.7 Å². The minimum atomic E-state index is -0.753. The van der Waals surface area contributed by atoms with Crippen molar-refractivity contribution >= 4 is 11.6 Å². The summed E-state index contributed by atoms with van der Waals surface area (Å²) in [6.45, 7) is 1.92. The first-order valence-corrected chi connectivity index (χ1v) is 5.95. The second-order valence-corrected chi connectivity index (χ2v) is 4.37. The van der Waals surface area contributed by atoms with Gasteiger partial charge >= 0.3 is 0 Å². The van der Waals surface area contributed by atoms with Crippen LogP contribution in [-0.2, 0) is 4.79 Å². The summed E-state index contributed by atoms with van der Waals surface area (Å²) in [5.41, 5.74) is 7.38. The molecular formula is C15H15FN2O. The molecule has 4 heteroatoms. The Bertz CT molecular complexity index is 598. The number of primary amides is 1. The number of hydrogen-bond acceptors (Lipinski definition) is 2. The van der Waals surface area contributed by atoms with Crippen molar-refractivity contribution in [2.24, 2.45) is 5.73 Å². The molecule has 2 aromatic rings. The van der Waals surface area contributed by atoms with Crippen molar-refractivity contribution in [2.75, 3.05) is 5.32 Å². The third-order valence-corrected chi connectivity index (χ3v) is 2.83. The molecule has 0 aliphatic carbocycles. The average Bonchev–Trinajstić information content (AvgIpc) is 2.37. The predicted molar refractivity (Wildman–Crippen MR) is 73.1 cm³/mol. The van der Waals surface area contributed by atoms with Gasteiger partial charge in [-0.2, -0.15) is 0 Å². The fourth-order valence-electron chi connectivity index (χ4n) is 1.90. The van der Waals surface area contributed by atoms with Gasteiger partial charge in [0.2, 0.25) is 5.91 Å². The maximum atomic E-state index is 13.6. The van der Waals surface area contributed by atoms with Gasteiger partial charge < -0.3 is 11.1 Å². The first kappa shape index (κ1) is 13.1. The van der Waals surface area contributed by atoms with Gasteiger partial charge in [-0.3, -0.25) is 4.79 Å². The standard InChI is InChI=1S/C15H15FN2O/c1-10-5-4-6-11(9-10)14(15(17)19)18-13-8-3-2-7-12(13)16/h2-9,14,18H,1H3,(H2,17,19). The van der Waals surface area contributed by atoms with E-state index in [-0.39, 0.29) is 5.69 Å². The molecule has 1 amide bonds. The summed E-state index contributed by atoms with van der Waals surface area (Å²) in [6.07, 6.45) is 0. The quantitative estimate of drug-likeness (QED) is 0.886. The third kappa shape index (κ3) is 3.10. The van der Waals surface area contributed by atoms with Crippen molar-refractivity contribution in [3.05, 3.63) is 65.5 Å². The van der Waals surface area contributed by atoms with Crippen molar-refractivity contribution in [3.63, 3.8) is 0 Å². The number of amides is 1. The zero-order chi connectivity index (χ0) is 13.8.